The second-order valence-electron chi connectivity index (χ2n) is 2.83. The summed E-state index contributed by atoms with van der Waals surface area (Å²) in [5, 5.41) is 16.0. The van der Waals surface area contributed by atoms with Gasteiger partial charge in [0.2, 0.25) is 0 Å². The SMILES string of the molecule is NCCCCN.N[C@@H](CC(=O)O)C(=O)O. The highest BCUT2D eigenvalue weighted by Crippen LogP contribution is 1.86. The molecule has 0 aliphatic rings. The highest BCUT2D eigenvalue weighted by atomic mass is 16.4. The summed E-state index contributed by atoms with van der Waals surface area (Å²) in [6.45, 7) is 1.55. The summed E-state index contributed by atoms with van der Waals surface area (Å²) in [5.41, 5.74) is 15.2. The van der Waals surface area contributed by atoms with Crippen LogP contribution in [0.25, 0.3) is 0 Å². The molecule has 15 heavy (non-hydrogen) atoms. The first-order valence-corrected chi connectivity index (χ1v) is 4.56. The average molecular weight is 221 g/mol. The molecule has 0 saturated heterocycles. The van der Waals surface area contributed by atoms with Gasteiger partial charge < -0.3 is 27.4 Å². The van der Waals surface area contributed by atoms with Crippen molar-refractivity contribution in [2.45, 2.75) is 25.3 Å². The minimum Gasteiger partial charge on any atom is -0.481 e. The molecule has 8 N–H and O–H groups in total. The molecule has 0 unspecified atom stereocenters. The van der Waals surface area contributed by atoms with E-state index in [-0.39, 0.29) is 0 Å². The fourth-order valence-corrected chi connectivity index (χ4v) is 0.564. The van der Waals surface area contributed by atoms with Crippen molar-refractivity contribution in [3.8, 4) is 0 Å². The lowest BCUT2D eigenvalue weighted by atomic mass is 10.2. The van der Waals surface area contributed by atoms with Crippen LogP contribution < -0.4 is 17.2 Å². The van der Waals surface area contributed by atoms with Gasteiger partial charge >= 0.3 is 11.9 Å². The van der Waals surface area contributed by atoms with Gasteiger partial charge in [-0.3, -0.25) is 9.59 Å². The normalized spacial score (nSPS) is 11.1. The van der Waals surface area contributed by atoms with Crippen LogP contribution in [0.3, 0.4) is 0 Å². The largest absolute Gasteiger partial charge is 0.481 e. The van der Waals surface area contributed by atoms with E-state index in [1.54, 1.807) is 0 Å². The quantitative estimate of drug-likeness (QED) is 0.344. The molecule has 0 aliphatic heterocycles. The number of hydrogen-bond donors (Lipinski definition) is 5. The van der Waals surface area contributed by atoms with Gasteiger partial charge in [0, 0.05) is 0 Å². The van der Waals surface area contributed by atoms with E-state index in [4.69, 9.17) is 27.4 Å². The van der Waals surface area contributed by atoms with E-state index in [2.05, 4.69) is 0 Å². The summed E-state index contributed by atoms with van der Waals surface area (Å²) in [6, 6.07) is -1.29. The van der Waals surface area contributed by atoms with E-state index < -0.39 is 24.4 Å². The minimum atomic E-state index is -1.29. The van der Waals surface area contributed by atoms with Crippen molar-refractivity contribution in [2.24, 2.45) is 17.2 Å². The number of rotatable bonds is 6. The second kappa shape index (κ2) is 10.9. The molecule has 0 aromatic carbocycles. The van der Waals surface area contributed by atoms with Crippen molar-refractivity contribution < 1.29 is 19.8 Å². The molecule has 1 atom stereocenters. The van der Waals surface area contributed by atoms with Gasteiger partial charge in [-0.25, -0.2) is 0 Å². The summed E-state index contributed by atoms with van der Waals surface area (Å²) in [5.74, 6) is -2.50. The van der Waals surface area contributed by atoms with Crippen LogP contribution in [-0.4, -0.2) is 41.3 Å². The molecular formula is C8H19N3O4. The van der Waals surface area contributed by atoms with Crippen LogP contribution in [0.4, 0.5) is 0 Å². The molecular weight excluding hydrogens is 202 g/mol. The van der Waals surface area contributed by atoms with Gasteiger partial charge in [0.25, 0.3) is 0 Å². The number of unbranched alkanes of at least 4 members (excludes halogenated alkanes) is 1. The molecule has 0 aromatic rings. The smallest absolute Gasteiger partial charge is 0.321 e. The van der Waals surface area contributed by atoms with Crippen LogP contribution in [-0.2, 0) is 9.59 Å². The molecule has 0 aromatic heterocycles. The summed E-state index contributed by atoms with van der Waals surface area (Å²) < 4.78 is 0. The standard InChI is InChI=1S/C4H12N2.C4H7NO4/c5-3-1-2-4-6;5-2(4(8)9)1-3(6)7/h1-6H2;2H,1,5H2,(H,6,7)(H,8,9)/t;2-/m.0/s1. The molecule has 7 heteroatoms. The van der Waals surface area contributed by atoms with Gasteiger partial charge in [-0.15, -0.1) is 0 Å². The molecule has 0 amide bonds. The molecule has 0 heterocycles. The van der Waals surface area contributed by atoms with Gasteiger partial charge in [-0.2, -0.15) is 0 Å². The maximum Gasteiger partial charge on any atom is 0.321 e. The fourth-order valence-electron chi connectivity index (χ4n) is 0.564. The number of hydrogen-bond acceptors (Lipinski definition) is 5. The Hall–Kier alpha value is -1.18. The van der Waals surface area contributed by atoms with Crippen molar-refractivity contribution in [3.63, 3.8) is 0 Å². The molecule has 7 nitrogen and oxygen atoms in total. The Morgan fingerprint density at radius 3 is 1.60 bits per heavy atom. The molecule has 0 aliphatic carbocycles. The van der Waals surface area contributed by atoms with Crippen LogP contribution in [0.5, 0.6) is 0 Å². The van der Waals surface area contributed by atoms with E-state index in [1.165, 1.54) is 0 Å². The van der Waals surface area contributed by atoms with Crippen LogP contribution in [0.1, 0.15) is 19.3 Å². The first-order valence-electron chi connectivity index (χ1n) is 4.56. The van der Waals surface area contributed by atoms with Crippen molar-refractivity contribution in [2.75, 3.05) is 13.1 Å². The zero-order valence-corrected chi connectivity index (χ0v) is 8.56. The molecule has 0 saturated carbocycles. The van der Waals surface area contributed by atoms with Gasteiger partial charge in [0.15, 0.2) is 0 Å². The number of carboxylic acid groups (broad SMARTS) is 2. The van der Waals surface area contributed by atoms with Crippen molar-refractivity contribution >= 4 is 11.9 Å². The topological polar surface area (TPSA) is 153 Å². The summed E-state index contributed by atoms with van der Waals surface area (Å²) in [7, 11) is 0. The van der Waals surface area contributed by atoms with Gasteiger partial charge in [0.1, 0.15) is 6.04 Å². The molecule has 0 bridgehead atoms. The van der Waals surface area contributed by atoms with Gasteiger partial charge in [-0.05, 0) is 25.9 Å². The Balaban J connectivity index is 0. The number of nitrogens with two attached hydrogens (primary N) is 3. The van der Waals surface area contributed by atoms with E-state index in [0.29, 0.717) is 0 Å². The highest BCUT2D eigenvalue weighted by Gasteiger charge is 2.14. The summed E-state index contributed by atoms with van der Waals surface area (Å²) in [4.78, 5) is 19.6. The van der Waals surface area contributed by atoms with Crippen LogP contribution >= 0.6 is 0 Å². The van der Waals surface area contributed by atoms with Gasteiger partial charge in [0.05, 0.1) is 6.42 Å². The van der Waals surface area contributed by atoms with Crippen LogP contribution in [0.2, 0.25) is 0 Å². The van der Waals surface area contributed by atoms with Crippen molar-refractivity contribution in [1.29, 1.82) is 0 Å². The van der Waals surface area contributed by atoms with Crippen molar-refractivity contribution in [3.05, 3.63) is 0 Å². The third-order valence-electron chi connectivity index (χ3n) is 1.37. The molecule has 0 fully saturated rings. The lowest BCUT2D eigenvalue weighted by Crippen LogP contribution is -2.32. The summed E-state index contributed by atoms with van der Waals surface area (Å²) >= 11 is 0. The Kier molecular flexibility index (Phi) is 11.8. The lowest BCUT2D eigenvalue weighted by molar-refractivity contribution is -0.144. The number of aliphatic carboxylic acids is 2. The Morgan fingerprint density at radius 2 is 1.47 bits per heavy atom. The van der Waals surface area contributed by atoms with E-state index in [9.17, 15) is 9.59 Å². The Bertz CT molecular complexity index is 183. The number of carbonyl (C=O) groups is 2. The first-order chi connectivity index (χ1) is 6.95. The summed E-state index contributed by atoms with van der Waals surface area (Å²) in [6.07, 6.45) is 1.60. The molecule has 0 radical (unpaired) electrons. The van der Waals surface area contributed by atoms with E-state index >= 15 is 0 Å². The zero-order valence-electron chi connectivity index (χ0n) is 8.56. The van der Waals surface area contributed by atoms with Crippen LogP contribution in [0, 0.1) is 0 Å². The highest BCUT2D eigenvalue weighted by molar-refractivity contribution is 5.80. The minimum absolute atomic E-state index is 0.532. The average Bonchev–Trinajstić information content (AvgIpc) is 2.14. The first kappa shape index (κ1) is 16.3. The Labute approximate surface area is 88.2 Å². The molecule has 0 spiro atoms. The third kappa shape index (κ3) is 15.6. The second-order valence-corrected chi connectivity index (χ2v) is 2.83. The molecule has 90 valence electrons. The zero-order chi connectivity index (χ0) is 12.3. The fraction of sp³-hybridized carbons (Fsp3) is 0.750. The predicted octanol–water partition coefficient (Wildman–Crippen LogP) is -1.44. The van der Waals surface area contributed by atoms with E-state index in [0.717, 1.165) is 25.9 Å². The molecule has 0 rings (SSSR count). The third-order valence-corrected chi connectivity index (χ3v) is 1.37. The van der Waals surface area contributed by atoms with Crippen molar-refractivity contribution in [1.82, 2.24) is 0 Å². The number of carboxylic acids is 2. The van der Waals surface area contributed by atoms with E-state index in [1.807, 2.05) is 0 Å². The predicted molar refractivity (Wildman–Crippen MR) is 55.2 cm³/mol. The Morgan fingerprint density at radius 1 is 1.07 bits per heavy atom. The monoisotopic (exact) mass is 221 g/mol. The van der Waals surface area contributed by atoms with Gasteiger partial charge in [-0.1, -0.05) is 0 Å². The maximum atomic E-state index is 9.85. The maximum absolute atomic E-state index is 9.85. The lowest BCUT2D eigenvalue weighted by Gasteiger charge is -1.99. The van der Waals surface area contributed by atoms with Crippen LogP contribution in [0.15, 0.2) is 0 Å².